The molecule has 0 saturated heterocycles. The lowest BCUT2D eigenvalue weighted by molar-refractivity contribution is -0.387. The maximum Gasteiger partial charge on any atom is 0.284 e. The van der Waals surface area contributed by atoms with Gasteiger partial charge in [-0.05, 0) is 18.2 Å². The molecule has 2 aromatic rings. The van der Waals surface area contributed by atoms with Gasteiger partial charge in [0, 0.05) is 11.0 Å². The first-order chi connectivity index (χ1) is 8.58. The number of halogens is 2. The minimum Gasteiger partial charge on any atom is -0.258 e. The van der Waals surface area contributed by atoms with Crippen LogP contribution in [-0.2, 0) is 0 Å². The van der Waals surface area contributed by atoms with E-state index in [1.807, 2.05) is 30.3 Å². The molecule has 0 heterocycles. The molecule has 2 aromatic carbocycles. The maximum absolute atomic E-state index is 11.0. The Balaban J connectivity index is 2.43. The quantitative estimate of drug-likeness (QED) is 0.588. The zero-order chi connectivity index (χ0) is 13.1. The van der Waals surface area contributed by atoms with E-state index in [1.54, 1.807) is 0 Å². The first-order valence-electron chi connectivity index (χ1n) is 4.94. The summed E-state index contributed by atoms with van der Waals surface area (Å²) >= 11 is 13.0. The van der Waals surface area contributed by atoms with E-state index >= 15 is 0 Å². The number of nitro benzene ring substituents is 1. The first kappa shape index (κ1) is 13.2. The molecule has 0 aliphatic carbocycles. The summed E-state index contributed by atoms with van der Waals surface area (Å²) in [5, 5.41) is 11.5. The molecule has 0 spiro atoms. The molecule has 0 radical (unpaired) electrons. The van der Waals surface area contributed by atoms with Crippen LogP contribution in [0, 0.1) is 10.1 Å². The summed E-state index contributed by atoms with van der Waals surface area (Å²) in [7, 11) is 0. The molecule has 2 rings (SSSR count). The second-order valence-electron chi connectivity index (χ2n) is 3.41. The van der Waals surface area contributed by atoms with Gasteiger partial charge < -0.3 is 0 Å². The van der Waals surface area contributed by atoms with Crippen LogP contribution < -0.4 is 0 Å². The molecule has 0 atom stereocenters. The van der Waals surface area contributed by atoms with E-state index in [0.29, 0.717) is 9.92 Å². The van der Waals surface area contributed by atoms with Crippen LogP contribution in [0.5, 0.6) is 0 Å². The fraction of sp³-hybridized carbons (Fsp3) is 0. The highest BCUT2D eigenvalue weighted by Gasteiger charge is 2.17. The molecular weight excluding hydrogens is 293 g/mol. The van der Waals surface area contributed by atoms with Crippen LogP contribution in [0.1, 0.15) is 0 Å². The van der Waals surface area contributed by atoms with E-state index in [4.69, 9.17) is 23.2 Å². The van der Waals surface area contributed by atoms with Gasteiger partial charge >= 0.3 is 0 Å². The molecule has 0 bridgehead atoms. The maximum atomic E-state index is 11.0. The van der Waals surface area contributed by atoms with Crippen LogP contribution in [0.15, 0.2) is 52.3 Å². The van der Waals surface area contributed by atoms with Crippen molar-refractivity contribution in [3.8, 4) is 0 Å². The summed E-state index contributed by atoms with van der Waals surface area (Å²) in [5.41, 5.74) is -0.0433. The molecule has 92 valence electrons. The number of nitrogens with zero attached hydrogens (tertiary/aromatic N) is 1. The summed E-state index contributed by atoms with van der Waals surface area (Å²) in [4.78, 5) is 11.9. The summed E-state index contributed by atoms with van der Waals surface area (Å²) < 4.78 is 0. The monoisotopic (exact) mass is 299 g/mol. The van der Waals surface area contributed by atoms with Gasteiger partial charge in [-0.1, -0.05) is 53.2 Å². The average Bonchev–Trinajstić information content (AvgIpc) is 2.34. The Morgan fingerprint density at radius 1 is 1.06 bits per heavy atom. The smallest absolute Gasteiger partial charge is 0.258 e. The van der Waals surface area contributed by atoms with Crippen LogP contribution in [0.2, 0.25) is 10.0 Å². The highest BCUT2D eigenvalue weighted by Crippen LogP contribution is 2.39. The average molecular weight is 300 g/mol. The van der Waals surface area contributed by atoms with Gasteiger partial charge in [-0.25, -0.2) is 0 Å². The van der Waals surface area contributed by atoms with Gasteiger partial charge in [0.25, 0.3) is 5.69 Å². The Labute approximate surface area is 118 Å². The van der Waals surface area contributed by atoms with Gasteiger partial charge in [0.05, 0.1) is 19.9 Å². The molecule has 0 aliphatic heterocycles. The molecule has 0 aliphatic rings. The topological polar surface area (TPSA) is 43.1 Å². The van der Waals surface area contributed by atoms with Gasteiger partial charge in [0.15, 0.2) is 0 Å². The zero-order valence-electron chi connectivity index (χ0n) is 8.97. The minimum atomic E-state index is -0.465. The molecule has 0 amide bonds. The molecule has 6 heteroatoms. The fourth-order valence-electron chi connectivity index (χ4n) is 1.36. The molecular formula is C12H7Cl2NO2S. The third kappa shape index (κ3) is 2.96. The molecule has 0 fully saturated rings. The third-order valence-electron chi connectivity index (χ3n) is 2.17. The van der Waals surface area contributed by atoms with Crippen LogP contribution >= 0.6 is 35.0 Å². The van der Waals surface area contributed by atoms with Gasteiger partial charge in [-0.2, -0.15) is 0 Å². The van der Waals surface area contributed by atoms with Crippen molar-refractivity contribution in [3.63, 3.8) is 0 Å². The van der Waals surface area contributed by atoms with E-state index in [-0.39, 0.29) is 10.7 Å². The van der Waals surface area contributed by atoms with E-state index in [0.717, 1.165) is 4.90 Å². The lowest BCUT2D eigenvalue weighted by Gasteiger charge is -2.04. The molecule has 0 aromatic heterocycles. The lowest BCUT2D eigenvalue weighted by Crippen LogP contribution is -1.91. The summed E-state index contributed by atoms with van der Waals surface area (Å²) in [5.74, 6) is 0. The number of hydrogen-bond donors (Lipinski definition) is 0. The van der Waals surface area contributed by atoms with Crippen molar-refractivity contribution < 1.29 is 4.92 Å². The Kier molecular flexibility index (Phi) is 4.11. The second kappa shape index (κ2) is 5.61. The number of nitro groups is 1. The van der Waals surface area contributed by atoms with Gasteiger partial charge in [0.1, 0.15) is 0 Å². The molecule has 0 N–H and O–H groups in total. The molecule has 18 heavy (non-hydrogen) atoms. The molecule has 0 unspecified atom stereocenters. The van der Waals surface area contributed by atoms with E-state index in [9.17, 15) is 10.1 Å². The van der Waals surface area contributed by atoms with Crippen molar-refractivity contribution in [3.05, 3.63) is 62.6 Å². The van der Waals surface area contributed by atoms with Crippen molar-refractivity contribution in [2.75, 3.05) is 0 Å². The number of benzene rings is 2. The van der Waals surface area contributed by atoms with Gasteiger partial charge in [-0.15, -0.1) is 0 Å². The highest BCUT2D eigenvalue weighted by atomic mass is 35.5. The van der Waals surface area contributed by atoms with Gasteiger partial charge in [-0.3, -0.25) is 10.1 Å². The predicted octanol–water partition coefficient (Wildman–Crippen LogP) is 5.05. The zero-order valence-corrected chi connectivity index (χ0v) is 11.3. The van der Waals surface area contributed by atoms with Crippen LogP contribution in [0.4, 0.5) is 5.69 Å². The van der Waals surface area contributed by atoms with Crippen molar-refractivity contribution in [2.24, 2.45) is 0 Å². The summed E-state index contributed by atoms with van der Waals surface area (Å²) in [6.07, 6.45) is 0. The van der Waals surface area contributed by atoms with Crippen molar-refractivity contribution >= 4 is 40.7 Å². The SMILES string of the molecule is O=[N+]([O-])c1cc(Cl)c(Cl)cc1Sc1ccccc1. The summed E-state index contributed by atoms with van der Waals surface area (Å²) in [6, 6.07) is 12.1. The van der Waals surface area contributed by atoms with E-state index in [1.165, 1.54) is 23.9 Å². The molecule has 0 saturated carbocycles. The normalized spacial score (nSPS) is 10.3. The third-order valence-corrected chi connectivity index (χ3v) is 3.95. The van der Waals surface area contributed by atoms with Crippen molar-refractivity contribution in [1.82, 2.24) is 0 Å². The summed E-state index contributed by atoms with van der Waals surface area (Å²) in [6.45, 7) is 0. The standard InChI is InChI=1S/C12H7Cl2NO2S/c13-9-6-11(15(16)17)12(7-10(9)14)18-8-4-2-1-3-5-8/h1-7H. The van der Waals surface area contributed by atoms with Crippen LogP contribution in [-0.4, -0.2) is 4.92 Å². The lowest BCUT2D eigenvalue weighted by atomic mass is 10.3. The van der Waals surface area contributed by atoms with Crippen molar-refractivity contribution in [1.29, 1.82) is 0 Å². The number of rotatable bonds is 3. The first-order valence-corrected chi connectivity index (χ1v) is 6.51. The van der Waals surface area contributed by atoms with Crippen LogP contribution in [0.3, 0.4) is 0 Å². The highest BCUT2D eigenvalue weighted by molar-refractivity contribution is 7.99. The van der Waals surface area contributed by atoms with Crippen molar-refractivity contribution in [2.45, 2.75) is 9.79 Å². The predicted molar refractivity (Wildman–Crippen MR) is 73.7 cm³/mol. The van der Waals surface area contributed by atoms with E-state index in [2.05, 4.69) is 0 Å². The Morgan fingerprint density at radius 2 is 1.67 bits per heavy atom. The molecule has 3 nitrogen and oxygen atoms in total. The Hall–Kier alpha value is -1.23. The largest absolute Gasteiger partial charge is 0.284 e. The Bertz CT molecular complexity index is 590. The fourth-order valence-corrected chi connectivity index (χ4v) is 2.71. The van der Waals surface area contributed by atoms with Gasteiger partial charge in [0.2, 0.25) is 0 Å². The minimum absolute atomic E-state index is 0.0433. The van der Waals surface area contributed by atoms with E-state index < -0.39 is 4.92 Å². The second-order valence-corrected chi connectivity index (χ2v) is 5.34. The van der Waals surface area contributed by atoms with Crippen LogP contribution in [0.25, 0.3) is 0 Å². The Morgan fingerprint density at radius 3 is 2.28 bits per heavy atom. The number of hydrogen-bond acceptors (Lipinski definition) is 3.